The van der Waals surface area contributed by atoms with Crippen LogP contribution in [0.4, 0.5) is 0 Å². The highest BCUT2D eigenvalue weighted by atomic mass is 16.5. The molecule has 0 aromatic carbocycles. The summed E-state index contributed by atoms with van der Waals surface area (Å²) in [5, 5.41) is 0. The van der Waals surface area contributed by atoms with Gasteiger partial charge >= 0.3 is 0 Å². The molecule has 7 unspecified atom stereocenters. The lowest BCUT2D eigenvalue weighted by molar-refractivity contribution is -0.110. The summed E-state index contributed by atoms with van der Waals surface area (Å²) in [6.07, 6.45) is 15.3. The minimum atomic E-state index is 0.187. The number of rotatable bonds is 0. The number of hydrogen-bond donors (Lipinski definition) is 0. The van der Waals surface area contributed by atoms with Crippen molar-refractivity contribution < 1.29 is 4.74 Å². The molecule has 8 atom stereocenters. The number of hydrogen-bond acceptors (Lipinski definition) is 2. The molecule has 2 heteroatoms. The molecule has 5 aliphatic rings. The third-order valence-electron chi connectivity index (χ3n) is 7.87. The van der Waals surface area contributed by atoms with Crippen LogP contribution >= 0.6 is 0 Å². The van der Waals surface area contributed by atoms with Crippen LogP contribution in [0.2, 0.25) is 0 Å². The largest absolute Gasteiger partial charge is 0.374 e. The molecular weight excluding hydrogens is 270 g/mol. The van der Waals surface area contributed by atoms with E-state index in [1.54, 1.807) is 0 Å². The van der Waals surface area contributed by atoms with E-state index in [2.05, 4.69) is 31.0 Å². The quantitative estimate of drug-likeness (QED) is 0.664. The molecule has 3 aliphatic heterocycles. The summed E-state index contributed by atoms with van der Waals surface area (Å²) >= 11 is 0. The van der Waals surface area contributed by atoms with Crippen molar-refractivity contribution >= 4 is 0 Å². The Morgan fingerprint density at radius 2 is 2.05 bits per heavy atom. The Kier molecular flexibility index (Phi) is 3.00. The van der Waals surface area contributed by atoms with Gasteiger partial charge in [0, 0.05) is 18.5 Å². The maximum Gasteiger partial charge on any atom is 0.0692 e. The SMILES string of the molecule is CC1CCC2C3CCC4C=CN5CCCC5C4[C@@H]3OC2(C)C1. The molecule has 4 fully saturated rings. The maximum atomic E-state index is 6.94. The first-order valence-corrected chi connectivity index (χ1v) is 9.77. The van der Waals surface area contributed by atoms with Crippen LogP contribution < -0.4 is 0 Å². The number of nitrogens with zero attached hydrogens (tertiary/aromatic N) is 1. The molecule has 0 N–H and O–H groups in total. The second-order valence-electron chi connectivity index (χ2n) is 9.16. The van der Waals surface area contributed by atoms with Crippen LogP contribution in [-0.2, 0) is 4.74 Å². The summed E-state index contributed by atoms with van der Waals surface area (Å²) in [4.78, 5) is 2.64. The molecular formula is C20H31NO. The molecule has 2 aliphatic carbocycles. The summed E-state index contributed by atoms with van der Waals surface area (Å²) in [7, 11) is 0. The standard InChI is InChI=1S/C20H31NO/c1-13-5-8-16-15-7-6-14-9-11-21-10-3-4-17(21)18(14)19(15)22-20(16,2)12-13/h9,11,13-19H,3-8,10,12H2,1-2H3/t13?,14?,15?,16?,17?,18?,19-,20?/m1/s1. The third-order valence-corrected chi connectivity index (χ3v) is 7.87. The normalized spacial score (nSPS) is 56.3. The van der Waals surface area contributed by atoms with Gasteiger partial charge in [0.05, 0.1) is 11.7 Å². The van der Waals surface area contributed by atoms with Crippen LogP contribution in [0, 0.1) is 29.6 Å². The Bertz CT molecular complexity index is 488. The van der Waals surface area contributed by atoms with Gasteiger partial charge in [-0.1, -0.05) is 19.4 Å². The van der Waals surface area contributed by atoms with E-state index in [4.69, 9.17) is 4.74 Å². The monoisotopic (exact) mass is 301 g/mol. The highest BCUT2D eigenvalue weighted by molar-refractivity contribution is 5.14. The zero-order valence-electron chi connectivity index (χ0n) is 14.2. The van der Waals surface area contributed by atoms with Gasteiger partial charge in [0.25, 0.3) is 0 Å². The van der Waals surface area contributed by atoms with Crippen molar-refractivity contribution in [1.29, 1.82) is 0 Å². The first-order valence-electron chi connectivity index (χ1n) is 9.77. The summed E-state index contributed by atoms with van der Waals surface area (Å²) in [6, 6.07) is 0.781. The molecule has 0 aromatic heterocycles. The van der Waals surface area contributed by atoms with Crippen molar-refractivity contribution in [3.63, 3.8) is 0 Å². The zero-order valence-corrected chi connectivity index (χ0v) is 14.2. The number of allylic oxidation sites excluding steroid dienone is 1. The third kappa shape index (κ3) is 1.82. The predicted octanol–water partition coefficient (Wildman–Crippen LogP) is 4.21. The van der Waals surface area contributed by atoms with Crippen LogP contribution in [0.25, 0.3) is 0 Å². The van der Waals surface area contributed by atoms with Crippen molar-refractivity contribution in [3.8, 4) is 0 Å². The Hall–Kier alpha value is -0.500. The molecule has 2 saturated heterocycles. The van der Waals surface area contributed by atoms with Gasteiger partial charge in [0.1, 0.15) is 0 Å². The predicted molar refractivity (Wildman–Crippen MR) is 88.4 cm³/mol. The lowest BCUT2D eigenvalue weighted by Gasteiger charge is -2.47. The van der Waals surface area contributed by atoms with E-state index in [1.807, 2.05) is 0 Å². The van der Waals surface area contributed by atoms with Crippen molar-refractivity contribution in [2.45, 2.75) is 76.5 Å². The molecule has 2 saturated carbocycles. The van der Waals surface area contributed by atoms with E-state index < -0.39 is 0 Å². The van der Waals surface area contributed by atoms with E-state index >= 15 is 0 Å². The summed E-state index contributed by atoms with van der Waals surface area (Å²) in [6.45, 7) is 6.16. The highest BCUT2D eigenvalue weighted by Crippen LogP contribution is 2.58. The van der Waals surface area contributed by atoms with Gasteiger partial charge in [0.2, 0.25) is 0 Å². The topological polar surface area (TPSA) is 12.5 Å². The second kappa shape index (κ2) is 4.75. The lowest BCUT2D eigenvalue weighted by atomic mass is 9.61. The molecule has 0 bridgehead atoms. The minimum Gasteiger partial charge on any atom is -0.374 e. The fraction of sp³-hybridized carbons (Fsp3) is 0.900. The van der Waals surface area contributed by atoms with Gasteiger partial charge in [0.15, 0.2) is 0 Å². The molecule has 0 spiro atoms. The summed E-state index contributed by atoms with van der Waals surface area (Å²) in [5.41, 5.74) is 0.187. The molecule has 3 heterocycles. The highest BCUT2D eigenvalue weighted by Gasteiger charge is 2.59. The average Bonchev–Trinajstić information content (AvgIpc) is 3.06. The van der Waals surface area contributed by atoms with Gasteiger partial charge < -0.3 is 9.64 Å². The van der Waals surface area contributed by atoms with Gasteiger partial charge in [-0.05, 0) is 75.3 Å². The molecule has 5 rings (SSSR count). The van der Waals surface area contributed by atoms with E-state index in [9.17, 15) is 0 Å². The van der Waals surface area contributed by atoms with Crippen LogP contribution in [0.3, 0.4) is 0 Å². The molecule has 0 aromatic rings. The minimum absolute atomic E-state index is 0.187. The summed E-state index contributed by atoms with van der Waals surface area (Å²) in [5.74, 6) is 4.13. The van der Waals surface area contributed by atoms with Gasteiger partial charge in [-0.2, -0.15) is 0 Å². The fourth-order valence-electron chi connectivity index (χ4n) is 7.06. The molecule has 0 radical (unpaired) electrons. The van der Waals surface area contributed by atoms with Crippen molar-refractivity contribution in [3.05, 3.63) is 12.3 Å². The summed E-state index contributed by atoms with van der Waals surface area (Å²) < 4.78 is 6.94. The first kappa shape index (κ1) is 13.9. The van der Waals surface area contributed by atoms with Gasteiger partial charge in [-0.15, -0.1) is 0 Å². The van der Waals surface area contributed by atoms with Gasteiger partial charge in [-0.3, -0.25) is 0 Å². The Morgan fingerprint density at radius 1 is 1.14 bits per heavy atom. The molecule has 2 nitrogen and oxygen atoms in total. The molecule has 22 heavy (non-hydrogen) atoms. The van der Waals surface area contributed by atoms with Crippen LogP contribution in [0.1, 0.15) is 58.8 Å². The zero-order chi connectivity index (χ0) is 14.9. The Morgan fingerprint density at radius 3 is 2.95 bits per heavy atom. The Labute approximate surface area is 135 Å². The van der Waals surface area contributed by atoms with Crippen molar-refractivity contribution in [2.75, 3.05) is 6.54 Å². The number of ether oxygens (including phenoxy) is 1. The fourth-order valence-corrected chi connectivity index (χ4v) is 7.06. The lowest BCUT2D eigenvalue weighted by Crippen LogP contribution is -2.50. The van der Waals surface area contributed by atoms with E-state index in [-0.39, 0.29) is 5.60 Å². The molecule has 122 valence electrons. The average molecular weight is 301 g/mol. The second-order valence-corrected chi connectivity index (χ2v) is 9.16. The van der Waals surface area contributed by atoms with Gasteiger partial charge in [-0.25, -0.2) is 0 Å². The van der Waals surface area contributed by atoms with Crippen LogP contribution in [-0.4, -0.2) is 29.2 Å². The first-order chi connectivity index (χ1) is 10.7. The maximum absolute atomic E-state index is 6.94. The smallest absolute Gasteiger partial charge is 0.0692 e. The van der Waals surface area contributed by atoms with Crippen LogP contribution in [0.15, 0.2) is 12.3 Å². The Balaban J connectivity index is 1.48. The van der Waals surface area contributed by atoms with E-state index in [1.165, 1.54) is 51.5 Å². The molecule has 0 amide bonds. The van der Waals surface area contributed by atoms with Crippen molar-refractivity contribution in [2.24, 2.45) is 29.6 Å². The number of fused-ring (bicyclic) bond motifs is 7. The van der Waals surface area contributed by atoms with Crippen molar-refractivity contribution in [1.82, 2.24) is 4.90 Å². The van der Waals surface area contributed by atoms with E-state index in [0.29, 0.717) is 6.10 Å². The van der Waals surface area contributed by atoms with Crippen LogP contribution in [0.5, 0.6) is 0 Å². The van der Waals surface area contributed by atoms with E-state index in [0.717, 1.165) is 35.6 Å².